The van der Waals surface area contributed by atoms with Crippen LogP contribution in [0.2, 0.25) is 0 Å². The first kappa shape index (κ1) is 16.6. The van der Waals surface area contributed by atoms with E-state index < -0.39 is 10.9 Å². The van der Waals surface area contributed by atoms with Gasteiger partial charge in [0.2, 0.25) is 0 Å². The van der Waals surface area contributed by atoms with Crippen LogP contribution in [-0.2, 0) is 4.79 Å². The number of nitrogens with zero attached hydrogens (tertiary/aromatic N) is 1. The highest BCUT2D eigenvalue weighted by Gasteiger charge is 2.14. The normalized spacial score (nSPS) is 11.7. The van der Waals surface area contributed by atoms with Gasteiger partial charge in [-0.25, -0.2) is 0 Å². The van der Waals surface area contributed by atoms with Gasteiger partial charge in [-0.15, -0.1) is 0 Å². The third kappa shape index (κ3) is 5.21. The average Bonchev–Trinajstić information content (AvgIpc) is 2.41. The van der Waals surface area contributed by atoms with Crippen LogP contribution in [0.4, 0.5) is 5.69 Å². The van der Waals surface area contributed by atoms with Gasteiger partial charge in [0.05, 0.1) is 4.92 Å². The fourth-order valence-corrected chi connectivity index (χ4v) is 1.84. The van der Waals surface area contributed by atoms with Gasteiger partial charge < -0.3 is 10.4 Å². The first-order valence-electron chi connectivity index (χ1n) is 6.56. The molecule has 21 heavy (non-hydrogen) atoms. The molecule has 7 nitrogen and oxygen atoms in total. The van der Waals surface area contributed by atoms with Gasteiger partial charge in [-0.1, -0.05) is 6.92 Å². The summed E-state index contributed by atoms with van der Waals surface area (Å²) >= 11 is 0. The molecular formula is C14H18N2O5. The highest BCUT2D eigenvalue weighted by Crippen LogP contribution is 2.18. The minimum atomic E-state index is -0.862. The van der Waals surface area contributed by atoms with Crippen molar-refractivity contribution in [2.75, 3.05) is 6.54 Å². The van der Waals surface area contributed by atoms with Gasteiger partial charge in [-0.05, 0) is 31.4 Å². The van der Waals surface area contributed by atoms with Gasteiger partial charge in [0, 0.05) is 30.2 Å². The second-order valence-corrected chi connectivity index (χ2v) is 5.01. The topological polar surface area (TPSA) is 110 Å². The first-order chi connectivity index (χ1) is 9.81. The number of amides is 1. The Balaban J connectivity index is 2.58. The molecule has 0 aliphatic carbocycles. The Morgan fingerprint density at radius 3 is 2.62 bits per heavy atom. The van der Waals surface area contributed by atoms with E-state index >= 15 is 0 Å². The number of nitro groups is 1. The SMILES string of the molecule is Cc1cc(C(=O)NCC(C)CCC(=O)O)ccc1[N+](=O)[O-]. The molecule has 1 aromatic rings. The lowest BCUT2D eigenvalue weighted by molar-refractivity contribution is -0.385. The molecule has 0 spiro atoms. The number of aryl methyl sites for hydroxylation is 1. The molecule has 0 saturated carbocycles. The molecule has 114 valence electrons. The van der Waals surface area contributed by atoms with Gasteiger partial charge in [0.15, 0.2) is 0 Å². The lowest BCUT2D eigenvalue weighted by Gasteiger charge is -2.11. The van der Waals surface area contributed by atoms with Crippen LogP contribution in [0.5, 0.6) is 0 Å². The van der Waals surface area contributed by atoms with Gasteiger partial charge in [-0.3, -0.25) is 19.7 Å². The van der Waals surface area contributed by atoms with Crippen molar-refractivity contribution in [3.63, 3.8) is 0 Å². The van der Waals surface area contributed by atoms with Gasteiger partial charge in [0.25, 0.3) is 11.6 Å². The summed E-state index contributed by atoms with van der Waals surface area (Å²) in [5.41, 5.74) is 0.747. The fraction of sp³-hybridized carbons (Fsp3) is 0.429. The number of carbonyl (C=O) groups is 2. The number of carboxylic acid groups (broad SMARTS) is 1. The zero-order chi connectivity index (χ0) is 16.0. The minimum absolute atomic E-state index is 0.0265. The molecule has 0 saturated heterocycles. The van der Waals surface area contributed by atoms with Crippen molar-refractivity contribution in [2.45, 2.75) is 26.7 Å². The molecule has 0 aromatic heterocycles. The first-order valence-corrected chi connectivity index (χ1v) is 6.56. The molecule has 1 unspecified atom stereocenters. The third-order valence-corrected chi connectivity index (χ3v) is 3.12. The Morgan fingerprint density at radius 2 is 2.10 bits per heavy atom. The second-order valence-electron chi connectivity index (χ2n) is 5.01. The smallest absolute Gasteiger partial charge is 0.303 e. The Bertz CT molecular complexity index is 556. The lowest BCUT2D eigenvalue weighted by Crippen LogP contribution is -2.28. The van der Waals surface area contributed by atoms with E-state index in [4.69, 9.17) is 5.11 Å². The number of carboxylic acids is 1. The lowest BCUT2D eigenvalue weighted by atomic mass is 10.1. The quantitative estimate of drug-likeness (QED) is 0.591. The minimum Gasteiger partial charge on any atom is -0.481 e. The molecular weight excluding hydrogens is 276 g/mol. The number of hydrogen-bond acceptors (Lipinski definition) is 4. The molecule has 1 atom stereocenters. The van der Waals surface area contributed by atoms with Gasteiger partial charge in [0.1, 0.15) is 0 Å². The van der Waals surface area contributed by atoms with Crippen LogP contribution in [-0.4, -0.2) is 28.5 Å². The molecule has 0 fully saturated rings. The van der Waals surface area contributed by atoms with Gasteiger partial charge in [-0.2, -0.15) is 0 Å². The maximum Gasteiger partial charge on any atom is 0.303 e. The maximum atomic E-state index is 11.9. The third-order valence-electron chi connectivity index (χ3n) is 3.12. The molecule has 1 amide bonds. The van der Waals surface area contributed by atoms with E-state index in [1.165, 1.54) is 18.2 Å². The number of benzene rings is 1. The van der Waals surface area contributed by atoms with Crippen LogP contribution < -0.4 is 5.32 Å². The number of rotatable bonds is 7. The van der Waals surface area contributed by atoms with Crippen LogP contribution in [0, 0.1) is 23.0 Å². The predicted octanol–water partition coefficient (Wildman–Crippen LogP) is 2.13. The van der Waals surface area contributed by atoms with Crippen molar-refractivity contribution in [2.24, 2.45) is 5.92 Å². The summed E-state index contributed by atoms with van der Waals surface area (Å²) < 4.78 is 0. The van der Waals surface area contributed by atoms with Crippen molar-refractivity contribution in [3.05, 3.63) is 39.4 Å². The summed E-state index contributed by atoms with van der Waals surface area (Å²) in [6.07, 6.45) is 0.544. The molecule has 1 rings (SSSR count). The highest BCUT2D eigenvalue weighted by atomic mass is 16.6. The summed E-state index contributed by atoms with van der Waals surface area (Å²) in [6.45, 7) is 3.79. The monoisotopic (exact) mass is 294 g/mol. The molecule has 0 radical (unpaired) electrons. The Labute approximate surface area is 122 Å². The van der Waals surface area contributed by atoms with E-state index in [9.17, 15) is 19.7 Å². The molecule has 2 N–H and O–H groups in total. The standard InChI is InChI=1S/C14H18N2O5/c1-9(3-6-13(17)18)8-15-14(19)11-4-5-12(16(20)21)10(2)7-11/h4-5,7,9H,3,6,8H2,1-2H3,(H,15,19)(H,17,18). The Hall–Kier alpha value is -2.44. The molecule has 1 aromatic carbocycles. The van der Waals surface area contributed by atoms with E-state index in [0.717, 1.165) is 0 Å². The number of nitro benzene ring substituents is 1. The maximum absolute atomic E-state index is 11.9. The van der Waals surface area contributed by atoms with E-state index in [1.807, 2.05) is 6.92 Å². The van der Waals surface area contributed by atoms with Crippen molar-refractivity contribution < 1.29 is 19.6 Å². The largest absolute Gasteiger partial charge is 0.481 e. The van der Waals surface area contributed by atoms with Crippen molar-refractivity contribution in [1.29, 1.82) is 0 Å². The number of nitrogens with one attached hydrogen (secondary N) is 1. The van der Waals surface area contributed by atoms with E-state index in [1.54, 1.807) is 6.92 Å². The number of aliphatic carboxylic acids is 1. The second kappa shape index (κ2) is 7.37. The summed E-state index contributed by atoms with van der Waals surface area (Å²) in [6, 6.07) is 4.18. The zero-order valence-corrected chi connectivity index (χ0v) is 12.0. The summed E-state index contributed by atoms with van der Waals surface area (Å²) in [7, 11) is 0. The van der Waals surface area contributed by atoms with Crippen LogP contribution in [0.15, 0.2) is 18.2 Å². The fourth-order valence-electron chi connectivity index (χ4n) is 1.84. The van der Waals surface area contributed by atoms with Crippen molar-refractivity contribution in [3.8, 4) is 0 Å². The molecule has 0 bridgehead atoms. The van der Waals surface area contributed by atoms with E-state index in [2.05, 4.69) is 5.32 Å². The van der Waals surface area contributed by atoms with E-state index in [0.29, 0.717) is 24.1 Å². The Morgan fingerprint density at radius 1 is 1.43 bits per heavy atom. The zero-order valence-electron chi connectivity index (χ0n) is 12.0. The summed E-state index contributed by atoms with van der Waals surface area (Å²) in [4.78, 5) is 32.6. The summed E-state index contributed by atoms with van der Waals surface area (Å²) in [5.74, 6) is -1.14. The number of carbonyl (C=O) groups excluding carboxylic acids is 1. The molecule has 0 aliphatic rings. The van der Waals surface area contributed by atoms with Crippen LogP contribution in [0.3, 0.4) is 0 Å². The van der Waals surface area contributed by atoms with Crippen molar-refractivity contribution in [1.82, 2.24) is 5.32 Å². The van der Waals surface area contributed by atoms with Crippen molar-refractivity contribution >= 4 is 17.6 Å². The molecule has 7 heteroatoms. The highest BCUT2D eigenvalue weighted by molar-refractivity contribution is 5.94. The number of hydrogen-bond donors (Lipinski definition) is 2. The molecule has 0 heterocycles. The molecule has 0 aliphatic heterocycles. The van der Waals surface area contributed by atoms with Crippen LogP contribution in [0.25, 0.3) is 0 Å². The Kier molecular flexibility index (Phi) is 5.83. The van der Waals surface area contributed by atoms with E-state index in [-0.39, 0.29) is 23.9 Å². The van der Waals surface area contributed by atoms with Crippen LogP contribution in [0.1, 0.15) is 35.7 Å². The summed E-state index contributed by atoms with van der Waals surface area (Å²) in [5, 5.41) is 22.0. The predicted molar refractivity (Wildman–Crippen MR) is 76.2 cm³/mol. The average molecular weight is 294 g/mol. The van der Waals surface area contributed by atoms with Gasteiger partial charge >= 0.3 is 5.97 Å². The van der Waals surface area contributed by atoms with Crippen LogP contribution >= 0.6 is 0 Å².